The van der Waals surface area contributed by atoms with Gasteiger partial charge in [-0.05, 0) is 39.0 Å². The number of fused-ring (bicyclic) bond motifs is 1. The second-order valence-electron chi connectivity index (χ2n) is 4.20. The average molecular weight is 244 g/mol. The molecule has 2 aromatic rings. The number of nitrogens with zero attached hydrogens (tertiary/aromatic N) is 1. The number of nitrogens with one attached hydrogen (secondary N) is 1. The van der Waals surface area contributed by atoms with Crippen molar-refractivity contribution in [2.24, 2.45) is 0 Å². The van der Waals surface area contributed by atoms with Gasteiger partial charge in [0.25, 0.3) is 5.91 Å². The molecular formula is C14H16N2O2. The number of rotatable bonds is 3. The molecule has 0 bridgehead atoms. The van der Waals surface area contributed by atoms with Crippen molar-refractivity contribution in [3.05, 3.63) is 41.1 Å². The first-order chi connectivity index (χ1) is 8.61. The first kappa shape index (κ1) is 12.5. The summed E-state index contributed by atoms with van der Waals surface area (Å²) in [5, 5.41) is 0.845. The molecule has 4 heteroatoms. The summed E-state index contributed by atoms with van der Waals surface area (Å²) in [6, 6.07) is 7.65. The van der Waals surface area contributed by atoms with Gasteiger partial charge in [-0.1, -0.05) is 11.6 Å². The lowest BCUT2D eigenvalue weighted by molar-refractivity contribution is 0.0366. The van der Waals surface area contributed by atoms with Gasteiger partial charge in [0.2, 0.25) is 0 Å². The summed E-state index contributed by atoms with van der Waals surface area (Å²) in [6.45, 7) is 6.12. The largest absolute Gasteiger partial charge is 0.275 e. The quantitative estimate of drug-likeness (QED) is 0.844. The third-order valence-corrected chi connectivity index (χ3v) is 2.65. The van der Waals surface area contributed by atoms with Gasteiger partial charge in [0, 0.05) is 11.1 Å². The molecule has 1 heterocycles. The zero-order chi connectivity index (χ0) is 13.1. The van der Waals surface area contributed by atoms with Gasteiger partial charge in [-0.25, -0.2) is 5.48 Å². The normalized spacial score (nSPS) is 10.6. The Bertz CT molecular complexity index is 594. The van der Waals surface area contributed by atoms with Crippen LogP contribution in [0.1, 0.15) is 28.5 Å². The highest BCUT2D eigenvalue weighted by Gasteiger charge is 2.12. The smallest absolute Gasteiger partial charge is 0.274 e. The Hall–Kier alpha value is -1.94. The van der Waals surface area contributed by atoms with Crippen LogP contribution in [0.15, 0.2) is 24.3 Å². The molecule has 1 aromatic heterocycles. The maximum absolute atomic E-state index is 12.0. The number of pyridine rings is 1. The number of amides is 1. The Morgan fingerprint density at radius 3 is 2.83 bits per heavy atom. The fraction of sp³-hybridized carbons (Fsp3) is 0.286. The molecular weight excluding hydrogens is 228 g/mol. The van der Waals surface area contributed by atoms with E-state index in [0.717, 1.165) is 22.2 Å². The summed E-state index contributed by atoms with van der Waals surface area (Å²) in [5.41, 5.74) is 5.74. The van der Waals surface area contributed by atoms with E-state index >= 15 is 0 Å². The first-order valence-corrected chi connectivity index (χ1v) is 5.92. The summed E-state index contributed by atoms with van der Waals surface area (Å²) >= 11 is 0. The van der Waals surface area contributed by atoms with Gasteiger partial charge >= 0.3 is 0 Å². The van der Waals surface area contributed by atoms with E-state index in [9.17, 15) is 4.79 Å². The van der Waals surface area contributed by atoms with Crippen LogP contribution in [0.4, 0.5) is 0 Å². The number of benzene rings is 1. The van der Waals surface area contributed by atoms with Crippen LogP contribution in [-0.2, 0) is 4.84 Å². The van der Waals surface area contributed by atoms with Crippen LogP contribution in [-0.4, -0.2) is 17.5 Å². The second kappa shape index (κ2) is 5.14. The number of hydroxylamine groups is 1. The zero-order valence-corrected chi connectivity index (χ0v) is 10.8. The van der Waals surface area contributed by atoms with Crippen molar-refractivity contribution in [2.45, 2.75) is 20.8 Å². The molecule has 4 nitrogen and oxygen atoms in total. The Balaban J connectivity index is 2.54. The highest BCUT2D eigenvalue weighted by atomic mass is 16.6. The van der Waals surface area contributed by atoms with Crippen molar-refractivity contribution in [3.8, 4) is 0 Å². The van der Waals surface area contributed by atoms with Crippen LogP contribution >= 0.6 is 0 Å². The van der Waals surface area contributed by atoms with Crippen LogP contribution in [0.2, 0.25) is 0 Å². The fourth-order valence-corrected chi connectivity index (χ4v) is 1.85. The summed E-state index contributed by atoms with van der Waals surface area (Å²) in [4.78, 5) is 21.4. The van der Waals surface area contributed by atoms with Gasteiger partial charge in [-0.2, -0.15) is 0 Å². The monoisotopic (exact) mass is 244 g/mol. The molecule has 94 valence electrons. The number of hydrogen-bond donors (Lipinski definition) is 1. The molecule has 18 heavy (non-hydrogen) atoms. The summed E-state index contributed by atoms with van der Waals surface area (Å²) in [7, 11) is 0. The average Bonchev–Trinajstić information content (AvgIpc) is 2.35. The minimum Gasteiger partial charge on any atom is -0.274 e. The van der Waals surface area contributed by atoms with Gasteiger partial charge in [-0.15, -0.1) is 0 Å². The maximum Gasteiger partial charge on any atom is 0.275 e. The van der Waals surface area contributed by atoms with Crippen molar-refractivity contribution in [2.75, 3.05) is 6.61 Å². The molecule has 1 amide bonds. The summed E-state index contributed by atoms with van der Waals surface area (Å²) in [5.74, 6) is -0.238. The van der Waals surface area contributed by atoms with Crippen molar-refractivity contribution >= 4 is 16.8 Å². The Morgan fingerprint density at radius 2 is 2.11 bits per heavy atom. The van der Waals surface area contributed by atoms with Crippen LogP contribution in [0.25, 0.3) is 10.9 Å². The summed E-state index contributed by atoms with van der Waals surface area (Å²) in [6.07, 6.45) is 0. The van der Waals surface area contributed by atoms with Crippen molar-refractivity contribution in [3.63, 3.8) is 0 Å². The molecule has 0 saturated heterocycles. The van der Waals surface area contributed by atoms with E-state index in [2.05, 4.69) is 10.5 Å². The lowest BCUT2D eigenvalue weighted by Crippen LogP contribution is -2.24. The van der Waals surface area contributed by atoms with Crippen LogP contribution in [0.5, 0.6) is 0 Å². The number of aromatic nitrogens is 1. The number of carbonyl (C=O) groups is 1. The van der Waals surface area contributed by atoms with Gasteiger partial charge < -0.3 is 0 Å². The van der Waals surface area contributed by atoms with Crippen molar-refractivity contribution in [1.82, 2.24) is 10.5 Å². The zero-order valence-electron chi connectivity index (χ0n) is 10.8. The third kappa shape index (κ3) is 2.49. The van der Waals surface area contributed by atoms with Crippen LogP contribution < -0.4 is 5.48 Å². The fourth-order valence-electron chi connectivity index (χ4n) is 1.85. The van der Waals surface area contributed by atoms with E-state index in [4.69, 9.17) is 4.84 Å². The molecule has 0 unspecified atom stereocenters. The number of aryl methyl sites for hydroxylation is 2. The Kier molecular flexibility index (Phi) is 3.58. The molecule has 0 aliphatic heterocycles. The predicted molar refractivity (Wildman–Crippen MR) is 70.3 cm³/mol. The molecule has 2 rings (SSSR count). The minimum atomic E-state index is -0.238. The van der Waals surface area contributed by atoms with E-state index in [0.29, 0.717) is 12.2 Å². The number of hydrogen-bond acceptors (Lipinski definition) is 3. The van der Waals surface area contributed by atoms with E-state index in [1.54, 1.807) is 6.07 Å². The van der Waals surface area contributed by atoms with Crippen molar-refractivity contribution in [1.29, 1.82) is 0 Å². The second-order valence-corrected chi connectivity index (χ2v) is 4.20. The summed E-state index contributed by atoms with van der Waals surface area (Å²) < 4.78 is 0. The Morgan fingerprint density at radius 1 is 1.33 bits per heavy atom. The predicted octanol–water partition coefficient (Wildman–Crippen LogP) is 2.53. The highest BCUT2D eigenvalue weighted by molar-refractivity contribution is 6.05. The minimum absolute atomic E-state index is 0.238. The molecule has 0 radical (unpaired) electrons. The third-order valence-electron chi connectivity index (χ3n) is 2.65. The molecule has 0 aliphatic rings. The topological polar surface area (TPSA) is 51.2 Å². The van der Waals surface area contributed by atoms with Crippen LogP contribution in [0.3, 0.4) is 0 Å². The lowest BCUT2D eigenvalue weighted by Gasteiger charge is -2.09. The standard InChI is InChI=1S/C14H16N2O2/c1-4-18-16-14(17)12-8-10(3)15-13-6-5-9(2)7-11(12)13/h5-8H,4H2,1-3H3,(H,16,17). The van der Waals surface area contributed by atoms with E-state index in [-0.39, 0.29) is 5.91 Å². The number of carbonyl (C=O) groups excluding carboxylic acids is 1. The molecule has 0 aliphatic carbocycles. The molecule has 0 saturated carbocycles. The van der Waals surface area contributed by atoms with E-state index in [1.807, 2.05) is 39.0 Å². The molecule has 0 fully saturated rings. The maximum atomic E-state index is 12.0. The highest BCUT2D eigenvalue weighted by Crippen LogP contribution is 2.19. The molecule has 0 atom stereocenters. The van der Waals surface area contributed by atoms with Gasteiger partial charge in [0.1, 0.15) is 0 Å². The van der Waals surface area contributed by atoms with Gasteiger partial charge in [-0.3, -0.25) is 14.6 Å². The van der Waals surface area contributed by atoms with E-state index in [1.165, 1.54) is 0 Å². The molecule has 1 aromatic carbocycles. The SMILES string of the molecule is CCONC(=O)c1cc(C)nc2ccc(C)cc12. The van der Waals surface area contributed by atoms with Crippen LogP contribution in [0, 0.1) is 13.8 Å². The Labute approximate surface area is 106 Å². The first-order valence-electron chi connectivity index (χ1n) is 5.92. The van der Waals surface area contributed by atoms with E-state index < -0.39 is 0 Å². The van der Waals surface area contributed by atoms with Gasteiger partial charge in [0.15, 0.2) is 0 Å². The van der Waals surface area contributed by atoms with Gasteiger partial charge in [0.05, 0.1) is 17.7 Å². The molecule has 0 spiro atoms. The lowest BCUT2D eigenvalue weighted by atomic mass is 10.1. The molecule has 1 N–H and O–H groups in total. The van der Waals surface area contributed by atoms with Crippen molar-refractivity contribution < 1.29 is 9.63 Å².